The summed E-state index contributed by atoms with van der Waals surface area (Å²) >= 11 is 3.62. The molecule has 0 saturated carbocycles. The first-order chi connectivity index (χ1) is 7.43. The Kier molecular flexibility index (Phi) is 4.54. The van der Waals surface area contributed by atoms with Gasteiger partial charge in [0.05, 0.1) is 5.92 Å². The number of rotatable bonds is 4. The molecule has 0 amide bonds. The number of aliphatic carboxylic acids is 1. The molecule has 0 aliphatic carbocycles. The summed E-state index contributed by atoms with van der Waals surface area (Å²) in [5, 5.41) is 8.89. The van der Waals surface area contributed by atoms with E-state index in [0.29, 0.717) is 10.7 Å². The Labute approximate surface area is 105 Å². The first-order valence-corrected chi connectivity index (χ1v) is 6.31. The summed E-state index contributed by atoms with van der Waals surface area (Å²) in [6.45, 7) is 5.99. The molecule has 0 aliphatic heterocycles. The molecule has 0 spiro atoms. The van der Waals surface area contributed by atoms with Crippen LogP contribution in [-0.4, -0.2) is 11.1 Å². The maximum absolute atomic E-state index is 10.8. The summed E-state index contributed by atoms with van der Waals surface area (Å²) < 4.78 is 0. The highest BCUT2D eigenvalue weighted by molar-refractivity contribution is 9.09. The molecule has 0 unspecified atom stereocenters. The van der Waals surface area contributed by atoms with Gasteiger partial charge in [-0.25, -0.2) is 0 Å². The standard InChI is InChI=1S/C13H17BrO2/c1-8(2)12(14)11-6-4-10(5-7-11)9(3)13(15)16/h4-9,12H,1-3H3,(H,15,16)/t9-,12-/m1/s1. The van der Waals surface area contributed by atoms with Gasteiger partial charge in [0.1, 0.15) is 0 Å². The van der Waals surface area contributed by atoms with Crippen LogP contribution in [0.25, 0.3) is 0 Å². The highest BCUT2D eigenvalue weighted by atomic mass is 79.9. The van der Waals surface area contributed by atoms with Crippen molar-refractivity contribution in [3.05, 3.63) is 35.4 Å². The Morgan fingerprint density at radius 1 is 1.12 bits per heavy atom. The predicted octanol–water partition coefficient (Wildman–Crippen LogP) is 3.97. The van der Waals surface area contributed by atoms with E-state index in [-0.39, 0.29) is 0 Å². The quantitative estimate of drug-likeness (QED) is 0.850. The van der Waals surface area contributed by atoms with E-state index >= 15 is 0 Å². The summed E-state index contributed by atoms with van der Waals surface area (Å²) in [5.41, 5.74) is 2.04. The third-order valence-corrected chi connectivity index (χ3v) is 4.30. The van der Waals surface area contributed by atoms with Gasteiger partial charge in [-0.05, 0) is 24.0 Å². The second kappa shape index (κ2) is 5.48. The van der Waals surface area contributed by atoms with Crippen LogP contribution in [0.5, 0.6) is 0 Å². The van der Waals surface area contributed by atoms with Gasteiger partial charge < -0.3 is 5.11 Å². The molecule has 16 heavy (non-hydrogen) atoms. The summed E-state index contributed by atoms with van der Waals surface area (Å²) in [6, 6.07) is 7.78. The fourth-order valence-electron chi connectivity index (χ4n) is 1.50. The van der Waals surface area contributed by atoms with Crippen molar-refractivity contribution in [1.29, 1.82) is 0 Å². The molecule has 88 valence electrons. The summed E-state index contributed by atoms with van der Waals surface area (Å²) in [4.78, 5) is 11.1. The van der Waals surface area contributed by atoms with E-state index < -0.39 is 11.9 Å². The van der Waals surface area contributed by atoms with Crippen LogP contribution in [0.2, 0.25) is 0 Å². The molecule has 0 radical (unpaired) electrons. The van der Waals surface area contributed by atoms with Gasteiger partial charge in [-0.3, -0.25) is 4.79 Å². The van der Waals surface area contributed by atoms with Crippen LogP contribution in [0.1, 0.15) is 42.6 Å². The smallest absolute Gasteiger partial charge is 0.310 e. The van der Waals surface area contributed by atoms with Gasteiger partial charge >= 0.3 is 5.97 Å². The molecule has 0 aromatic heterocycles. The molecule has 3 heteroatoms. The monoisotopic (exact) mass is 284 g/mol. The lowest BCUT2D eigenvalue weighted by Crippen LogP contribution is -2.07. The van der Waals surface area contributed by atoms with E-state index in [0.717, 1.165) is 5.56 Å². The number of halogens is 1. The van der Waals surface area contributed by atoms with Crippen LogP contribution >= 0.6 is 15.9 Å². The zero-order valence-electron chi connectivity index (χ0n) is 9.77. The average molecular weight is 285 g/mol. The van der Waals surface area contributed by atoms with Gasteiger partial charge in [-0.1, -0.05) is 54.0 Å². The van der Waals surface area contributed by atoms with E-state index in [1.807, 2.05) is 24.3 Å². The molecule has 1 N–H and O–H groups in total. The van der Waals surface area contributed by atoms with Crippen LogP contribution in [0.15, 0.2) is 24.3 Å². The highest BCUT2D eigenvalue weighted by Gasteiger charge is 2.15. The lowest BCUT2D eigenvalue weighted by molar-refractivity contribution is -0.138. The number of alkyl halides is 1. The Bertz CT molecular complexity index is 357. The molecule has 0 fully saturated rings. The molecule has 0 heterocycles. The lowest BCUT2D eigenvalue weighted by Gasteiger charge is -2.15. The van der Waals surface area contributed by atoms with Crippen LogP contribution in [0.4, 0.5) is 0 Å². The van der Waals surface area contributed by atoms with Gasteiger partial charge in [0.15, 0.2) is 0 Å². The minimum Gasteiger partial charge on any atom is -0.481 e. The number of carboxylic acid groups (broad SMARTS) is 1. The van der Waals surface area contributed by atoms with E-state index in [1.54, 1.807) is 6.92 Å². The summed E-state index contributed by atoms with van der Waals surface area (Å²) in [5.74, 6) is -0.711. The molecule has 0 saturated heterocycles. The fraction of sp³-hybridized carbons (Fsp3) is 0.462. The Balaban J connectivity index is 2.87. The largest absolute Gasteiger partial charge is 0.481 e. The minimum absolute atomic E-state index is 0.321. The Hall–Kier alpha value is -0.830. The Morgan fingerprint density at radius 2 is 1.56 bits per heavy atom. The molecule has 0 bridgehead atoms. The van der Waals surface area contributed by atoms with Gasteiger partial charge in [-0.15, -0.1) is 0 Å². The van der Waals surface area contributed by atoms with Crippen molar-refractivity contribution >= 4 is 21.9 Å². The van der Waals surface area contributed by atoms with E-state index in [4.69, 9.17) is 5.11 Å². The molecule has 1 rings (SSSR count). The maximum atomic E-state index is 10.8. The normalized spacial score (nSPS) is 14.8. The van der Waals surface area contributed by atoms with E-state index in [2.05, 4.69) is 29.8 Å². The van der Waals surface area contributed by atoms with Gasteiger partial charge in [-0.2, -0.15) is 0 Å². The summed E-state index contributed by atoms with van der Waals surface area (Å²) in [7, 11) is 0. The van der Waals surface area contributed by atoms with Crippen molar-refractivity contribution in [1.82, 2.24) is 0 Å². The molecular formula is C13H17BrO2. The molecule has 2 nitrogen and oxygen atoms in total. The SMILES string of the molecule is CC(C)[C@@H](Br)c1ccc([C@@H](C)C(=O)O)cc1. The predicted molar refractivity (Wildman–Crippen MR) is 69.0 cm³/mol. The third kappa shape index (κ3) is 3.08. The number of carbonyl (C=O) groups is 1. The zero-order chi connectivity index (χ0) is 12.3. The average Bonchev–Trinajstić information content (AvgIpc) is 2.27. The number of benzene rings is 1. The van der Waals surface area contributed by atoms with Gasteiger partial charge in [0, 0.05) is 4.83 Å². The number of carboxylic acids is 1. The molecule has 2 atom stereocenters. The fourth-order valence-corrected chi connectivity index (χ4v) is 1.80. The van der Waals surface area contributed by atoms with Crippen LogP contribution < -0.4 is 0 Å². The van der Waals surface area contributed by atoms with Crippen molar-refractivity contribution in [3.63, 3.8) is 0 Å². The molecule has 1 aromatic carbocycles. The molecular weight excluding hydrogens is 268 g/mol. The topological polar surface area (TPSA) is 37.3 Å². The first kappa shape index (κ1) is 13.2. The minimum atomic E-state index is -0.785. The van der Waals surface area contributed by atoms with Crippen molar-refractivity contribution in [2.45, 2.75) is 31.5 Å². The number of hydrogen-bond acceptors (Lipinski definition) is 1. The van der Waals surface area contributed by atoms with Gasteiger partial charge in [0.25, 0.3) is 0 Å². The maximum Gasteiger partial charge on any atom is 0.310 e. The van der Waals surface area contributed by atoms with Crippen molar-refractivity contribution in [3.8, 4) is 0 Å². The third-order valence-electron chi connectivity index (χ3n) is 2.71. The van der Waals surface area contributed by atoms with Crippen molar-refractivity contribution in [2.75, 3.05) is 0 Å². The van der Waals surface area contributed by atoms with Crippen LogP contribution in [0.3, 0.4) is 0 Å². The van der Waals surface area contributed by atoms with Crippen molar-refractivity contribution < 1.29 is 9.90 Å². The first-order valence-electron chi connectivity index (χ1n) is 5.40. The van der Waals surface area contributed by atoms with Crippen LogP contribution in [-0.2, 0) is 4.79 Å². The zero-order valence-corrected chi connectivity index (χ0v) is 11.4. The number of hydrogen-bond donors (Lipinski definition) is 1. The summed E-state index contributed by atoms with van der Waals surface area (Å²) in [6.07, 6.45) is 0. The van der Waals surface area contributed by atoms with Gasteiger partial charge in [0.2, 0.25) is 0 Å². The second-order valence-electron chi connectivity index (χ2n) is 4.37. The highest BCUT2D eigenvalue weighted by Crippen LogP contribution is 2.31. The Morgan fingerprint density at radius 3 is 1.94 bits per heavy atom. The lowest BCUT2D eigenvalue weighted by atomic mass is 9.97. The van der Waals surface area contributed by atoms with Crippen molar-refractivity contribution in [2.24, 2.45) is 5.92 Å². The van der Waals surface area contributed by atoms with E-state index in [1.165, 1.54) is 5.56 Å². The van der Waals surface area contributed by atoms with E-state index in [9.17, 15) is 4.79 Å². The van der Waals surface area contributed by atoms with Crippen LogP contribution in [0, 0.1) is 5.92 Å². The molecule has 0 aliphatic rings. The second-order valence-corrected chi connectivity index (χ2v) is 5.36. The molecule has 1 aromatic rings.